The Morgan fingerprint density at radius 1 is 1.07 bits per heavy atom. The number of fused-ring (bicyclic) bond motifs is 1. The molecule has 1 aromatic rings. The molecule has 0 bridgehead atoms. The molecule has 30 heavy (non-hydrogen) atoms. The molecule has 1 fully saturated rings. The van der Waals surface area contributed by atoms with Crippen LogP contribution in [0, 0.1) is 0 Å². The van der Waals surface area contributed by atoms with E-state index in [0.717, 1.165) is 9.80 Å². The molecule has 4 amide bonds. The Morgan fingerprint density at radius 3 is 2.53 bits per heavy atom. The summed E-state index contributed by atoms with van der Waals surface area (Å²) in [7, 11) is 1.36. The minimum atomic E-state index is -0.977. The number of hydrogen-bond acceptors (Lipinski definition) is 8. The van der Waals surface area contributed by atoms with Crippen LogP contribution >= 0.6 is 0 Å². The summed E-state index contributed by atoms with van der Waals surface area (Å²) in [6, 6.07) is 3.93. The summed E-state index contributed by atoms with van der Waals surface area (Å²) in [5, 5.41) is 11.7. The number of likely N-dealkylation sites (tertiary alicyclic amines) is 1. The normalized spacial score (nSPS) is 18.9. The van der Waals surface area contributed by atoms with Gasteiger partial charge in [-0.2, -0.15) is 0 Å². The topological polar surface area (TPSA) is 125 Å². The fourth-order valence-corrected chi connectivity index (χ4v) is 3.52. The van der Waals surface area contributed by atoms with Gasteiger partial charge in [-0.3, -0.25) is 29.0 Å². The summed E-state index contributed by atoms with van der Waals surface area (Å²) >= 11 is 0. The SMILES string of the molecule is CN1C(=O)CCC(N2C(=O)c3cccc(NCCOCCOCCO)c3C2=O)C1=O. The number of hydrogen-bond donors (Lipinski definition) is 2. The molecular weight excluding hydrogens is 394 g/mol. The Bertz CT molecular complexity index is 842. The van der Waals surface area contributed by atoms with Crippen LogP contribution in [0.1, 0.15) is 33.6 Å². The number of amides is 4. The maximum Gasteiger partial charge on any atom is 0.264 e. The van der Waals surface area contributed by atoms with Crippen molar-refractivity contribution in [3.8, 4) is 0 Å². The zero-order chi connectivity index (χ0) is 21.7. The number of imide groups is 2. The molecule has 162 valence electrons. The number of carbonyl (C=O) groups is 4. The van der Waals surface area contributed by atoms with Gasteiger partial charge in [0.2, 0.25) is 5.91 Å². The lowest BCUT2D eigenvalue weighted by Crippen LogP contribution is -2.54. The highest BCUT2D eigenvalue weighted by Gasteiger charge is 2.46. The second kappa shape index (κ2) is 9.79. The molecule has 1 aromatic carbocycles. The first-order valence-electron chi connectivity index (χ1n) is 9.79. The van der Waals surface area contributed by atoms with Crippen molar-refractivity contribution in [3.63, 3.8) is 0 Å². The molecule has 0 radical (unpaired) electrons. The molecule has 10 nitrogen and oxygen atoms in total. The molecule has 2 N–H and O–H groups in total. The lowest BCUT2D eigenvalue weighted by Gasteiger charge is -2.32. The van der Waals surface area contributed by atoms with Crippen LogP contribution in [-0.2, 0) is 19.1 Å². The van der Waals surface area contributed by atoms with Gasteiger partial charge in [0.25, 0.3) is 17.7 Å². The van der Waals surface area contributed by atoms with E-state index in [1.165, 1.54) is 7.05 Å². The molecule has 2 aliphatic heterocycles. The average Bonchev–Trinajstić information content (AvgIpc) is 3.00. The second-order valence-electron chi connectivity index (χ2n) is 6.93. The molecule has 2 aliphatic rings. The molecule has 0 aliphatic carbocycles. The number of ether oxygens (including phenoxy) is 2. The predicted octanol–water partition coefficient (Wildman–Crippen LogP) is -0.133. The van der Waals surface area contributed by atoms with Crippen LogP contribution in [0.3, 0.4) is 0 Å². The lowest BCUT2D eigenvalue weighted by molar-refractivity contribution is -0.149. The first kappa shape index (κ1) is 21.9. The molecule has 10 heteroatoms. The highest BCUT2D eigenvalue weighted by molar-refractivity contribution is 6.25. The van der Waals surface area contributed by atoms with Crippen molar-refractivity contribution < 1.29 is 33.8 Å². The standard InChI is InChI=1S/C20H25N3O7/c1-22-16(25)6-5-15(19(22)27)23-18(26)13-3-2-4-14(17(13)20(23)28)21-7-9-29-11-12-30-10-8-24/h2-4,15,21,24H,5-12H2,1H3. The van der Waals surface area contributed by atoms with Crippen molar-refractivity contribution in [1.82, 2.24) is 9.80 Å². The van der Waals surface area contributed by atoms with E-state index >= 15 is 0 Å². The van der Waals surface area contributed by atoms with E-state index in [2.05, 4.69) is 5.32 Å². The number of likely N-dealkylation sites (N-methyl/N-ethyl adjacent to an activating group) is 1. The van der Waals surface area contributed by atoms with E-state index in [0.29, 0.717) is 32.1 Å². The van der Waals surface area contributed by atoms with E-state index in [-0.39, 0.29) is 43.1 Å². The highest BCUT2D eigenvalue weighted by atomic mass is 16.5. The Labute approximate surface area is 173 Å². The summed E-state index contributed by atoms with van der Waals surface area (Å²) in [5.74, 6) is -1.95. The Hall–Kier alpha value is -2.82. The number of nitrogens with zero attached hydrogens (tertiary/aromatic N) is 2. The van der Waals surface area contributed by atoms with E-state index < -0.39 is 23.8 Å². The van der Waals surface area contributed by atoms with Crippen LogP contribution in [0.5, 0.6) is 0 Å². The third kappa shape index (κ3) is 4.35. The fourth-order valence-electron chi connectivity index (χ4n) is 3.52. The van der Waals surface area contributed by atoms with E-state index in [4.69, 9.17) is 14.6 Å². The third-order valence-corrected chi connectivity index (χ3v) is 5.05. The number of piperidine rings is 1. The number of rotatable bonds is 10. The zero-order valence-corrected chi connectivity index (χ0v) is 16.8. The number of anilines is 1. The summed E-state index contributed by atoms with van der Waals surface area (Å²) in [6.45, 7) is 1.72. The van der Waals surface area contributed by atoms with Crippen LogP contribution in [0.25, 0.3) is 0 Å². The van der Waals surface area contributed by atoms with Crippen LogP contribution in [0.15, 0.2) is 18.2 Å². The van der Waals surface area contributed by atoms with Crippen molar-refractivity contribution in [2.24, 2.45) is 0 Å². The van der Waals surface area contributed by atoms with Gasteiger partial charge in [-0.1, -0.05) is 6.07 Å². The summed E-state index contributed by atoms with van der Waals surface area (Å²) in [6.07, 6.45) is 0.229. The largest absolute Gasteiger partial charge is 0.394 e. The van der Waals surface area contributed by atoms with Gasteiger partial charge in [-0.15, -0.1) is 0 Å². The monoisotopic (exact) mass is 419 g/mol. The van der Waals surface area contributed by atoms with Crippen molar-refractivity contribution >= 4 is 29.3 Å². The van der Waals surface area contributed by atoms with Gasteiger partial charge < -0.3 is 19.9 Å². The van der Waals surface area contributed by atoms with Gasteiger partial charge in [0.05, 0.1) is 44.2 Å². The number of aliphatic hydroxyl groups is 1. The first-order valence-corrected chi connectivity index (χ1v) is 9.79. The molecule has 3 rings (SSSR count). The molecule has 1 saturated heterocycles. The highest BCUT2D eigenvalue weighted by Crippen LogP contribution is 2.33. The van der Waals surface area contributed by atoms with Crippen LogP contribution < -0.4 is 5.32 Å². The van der Waals surface area contributed by atoms with Gasteiger partial charge in [-0.05, 0) is 18.6 Å². The molecule has 0 spiro atoms. The van der Waals surface area contributed by atoms with Gasteiger partial charge in [0, 0.05) is 25.7 Å². The maximum atomic E-state index is 13.0. The summed E-state index contributed by atoms with van der Waals surface area (Å²) < 4.78 is 10.5. The van der Waals surface area contributed by atoms with Gasteiger partial charge in [0.1, 0.15) is 6.04 Å². The Balaban J connectivity index is 1.64. The molecule has 0 saturated carbocycles. The molecule has 1 atom stereocenters. The number of benzene rings is 1. The molecule has 0 aromatic heterocycles. The molecule has 1 unspecified atom stereocenters. The Morgan fingerprint density at radius 2 is 1.80 bits per heavy atom. The average molecular weight is 419 g/mol. The van der Waals surface area contributed by atoms with Crippen molar-refractivity contribution in [2.75, 3.05) is 51.9 Å². The minimum absolute atomic E-state index is 0.0382. The van der Waals surface area contributed by atoms with Crippen LogP contribution in [-0.4, -0.2) is 91.2 Å². The van der Waals surface area contributed by atoms with Crippen LogP contribution in [0.2, 0.25) is 0 Å². The molecular formula is C20H25N3O7. The number of nitrogens with one attached hydrogen (secondary N) is 1. The quantitative estimate of drug-likeness (QED) is 0.397. The Kier molecular flexibility index (Phi) is 7.14. The zero-order valence-electron chi connectivity index (χ0n) is 16.8. The summed E-state index contributed by atoms with van der Waals surface area (Å²) in [5.41, 5.74) is 0.943. The third-order valence-electron chi connectivity index (χ3n) is 5.05. The number of aliphatic hydroxyl groups excluding tert-OH is 1. The van der Waals surface area contributed by atoms with Crippen molar-refractivity contribution in [2.45, 2.75) is 18.9 Å². The van der Waals surface area contributed by atoms with Gasteiger partial charge in [-0.25, -0.2) is 0 Å². The second-order valence-corrected chi connectivity index (χ2v) is 6.93. The van der Waals surface area contributed by atoms with Gasteiger partial charge in [0.15, 0.2) is 0 Å². The lowest BCUT2D eigenvalue weighted by atomic mass is 10.0. The first-order chi connectivity index (χ1) is 14.5. The minimum Gasteiger partial charge on any atom is -0.394 e. The predicted molar refractivity (Wildman–Crippen MR) is 105 cm³/mol. The smallest absolute Gasteiger partial charge is 0.264 e. The number of carbonyl (C=O) groups excluding carboxylic acids is 4. The fraction of sp³-hybridized carbons (Fsp3) is 0.500. The van der Waals surface area contributed by atoms with Gasteiger partial charge >= 0.3 is 0 Å². The van der Waals surface area contributed by atoms with E-state index in [1.54, 1.807) is 18.2 Å². The molecule has 2 heterocycles. The summed E-state index contributed by atoms with van der Waals surface area (Å²) in [4.78, 5) is 52.0. The van der Waals surface area contributed by atoms with Crippen molar-refractivity contribution in [1.29, 1.82) is 0 Å². The van der Waals surface area contributed by atoms with E-state index in [9.17, 15) is 19.2 Å². The van der Waals surface area contributed by atoms with Crippen LogP contribution in [0.4, 0.5) is 5.69 Å². The maximum absolute atomic E-state index is 13.0. The van der Waals surface area contributed by atoms with E-state index in [1.807, 2.05) is 0 Å². The van der Waals surface area contributed by atoms with Crippen molar-refractivity contribution in [3.05, 3.63) is 29.3 Å².